The summed E-state index contributed by atoms with van der Waals surface area (Å²) in [5.74, 6) is -0.797. The van der Waals surface area contributed by atoms with Crippen LogP contribution in [0.25, 0.3) is 44.1 Å². The number of esters is 2. The maximum Gasteiger partial charge on any atom is 0.340 e. The Bertz CT molecular complexity index is 1830. The molecule has 0 spiro atoms. The van der Waals surface area contributed by atoms with Crippen molar-refractivity contribution in [1.29, 1.82) is 0 Å². The molecule has 0 unspecified atom stereocenters. The predicted molar refractivity (Wildman–Crippen MR) is 154 cm³/mol. The fourth-order valence-corrected chi connectivity index (χ4v) is 5.30. The molecule has 0 aliphatic heterocycles. The number of para-hydroxylation sites is 4. The third-order valence-electron chi connectivity index (χ3n) is 7.59. The fourth-order valence-electron chi connectivity index (χ4n) is 5.30. The van der Waals surface area contributed by atoms with Crippen LogP contribution in [0.15, 0.2) is 72.8 Å². The number of hydrogen-bond donors (Lipinski definition) is 0. The first-order valence-electron chi connectivity index (χ1n) is 13.0. The summed E-state index contributed by atoms with van der Waals surface area (Å²) in [4.78, 5) is 44.2. The van der Waals surface area contributed by atoms with Gasteiger partial charge in [-0.05, 0) is 59.4 Å². The van der Waals surface area contributed by atoms with Gasteiger partial charge in [0.15, 0.2) is 0 Å². The number of hydrogen-bond acceptors (Lipinski definition) is 8. The van der Waals surface area contributed by atoms with Crippen LogP contribution in [0.1, 0.15) is 57.5 Å². The lowest BCUT2D eigenvalue weighted by molar-refractivity contribution is 0.0594. The molecule has 0 fully saturated rings. The van der Waals surface area contributed by atoms with Crippen LogP contribution in [-0.2, 0) is 9.47 Å². The van der Waals surface area contributed by atoms with E-state index in [1.807, 2.05) is 36.4 Å². The molecule has 0 saturated carbocycles. The highest BCUT2D eigenvalue weighted by atomic mass is 16.5. The average molecular weight is 531 g/mol. The monoisotopic (exact) mass is 530 g/mol. The van der Waals surface area contributed by atoms with Gasteiger partial charge in [0.05, 0.1) is 58.4 Å². The number of aromatic nitrogens is 4. The standard InChI is InChI=1S/C32H26N4O4/c1-17(19-9-5-13-23-27(19)33-25-15-7-11-21(29(25)35-23)31(37)39-3)18(2)20-10-6-14-24-28(20)34-26-16-8-12-22(30(26)36-24)32(38)40-4/h5-18H,1-4H3/t17-,18+. The second kappa shape index (κ2) is 9.96. The van der Waals surface area contributed by atoms with Crippen molar-refractivity contribution in [1.82, 2.24) is 19.9 Å². The van der Waals surface area contributed by atoms with Gasteiger partial charge in [-0.25, -0.2) is 29.5 Å². The molecule has 0 bridgehead atoms. The minimum atomic E-state index is -0.444. The topological polar surface area (TPSA) is 104 Å². The number of carbonyl (C=O) groups is 2. The van der Waals surface area contributed by atoms with E-state index < -0.39 is 11.9 Å². The molecule has 6 aromatic rings. The van der Waals surface area contributed by atoms with Gasteiger partial charge in [0.1, 0.15) is 11.0 Å². The van der Waals surface area contributed by atoms with Crippen molar-refractivity contribution in [2.45, 2.75) is 25.7 Å². The summed E-state index contributed by atoms with van der Waals surface area (Å²) < 4.78 is 9.89. The van der Waals surface area contributed by atoms with Crippen molar-refractivity contribution >= 4 is 56.1 Å². The van der Waals surface area contributed by atoms with Crippen LogP contribution < -0.4 is 0 Å². The molecule has 0 N–H and O–H groups in total. The molecule has 2 aromatic heterocycles. The molecule has 0 radical (unpaired) electrons. The highest BCUT2D eigenvalue weighted by molar-refractivity contribution is 6.04. The Hall–Kier alpha value is -4.98. The van der Waals surface area contributed by atoms with Crippen LogP contribution in [0.4, 0.5) is 0 Å². The van der Waals surface area contributed by atoms with E-state index in [4.69, 9.17) is 29.4 Å². The third kappa shape index (κ3) is 4.09. The van der Waals surface area contributed by atoms with Crippen LogP contribution >= 0.6 is 0 Å². The van der Waals surface area contributed by atoms with Crippen molar-refractivity contribution in [2.75, 3.05) is 14.2 Å². The number of carbonyl (C=O) groups excluding carboxylic acids is 2. The van der Waals surface area contributed by atoms with E-state index in [0.717, 1.165) is 22.2 Å². The van der Waals surface area contributed by atoms with Crippen molar-refractivity contribution in [2.24, 2.45) is 0 Å². The van der Waals surface area contributed by atoms with E-state index in [1.54, 1.807) is 24.3 Å². The van der Waals surface area contributed by atoms with Gasteiger partial charge in [0, 0.05) is 0 Å². The predicted octanol–water partition coefficient (Wildman–Crippen LogP) is 6.36. The molecule has 0 amide bonds. The van der Waals surface area contributed by atoms with Gasteiger partial charge in [0.2, 0.25) is 0 Å². The summed E-state index contributed by atoms with van der Waals surface area (Å²) in [6, 6.07) is 22.6. The van der Waals surface area contributed by atoms with Gasteiger partial charge < -0.3 is 9.47 Å². The Balaban J connectivity index is 1.47. The zero-order valence-corrected chi connectivity index (χ0v) is 22.5. The van der Waals surface area contributed by atoms with Gasteiger partial charge in [-0.1, -0.05) is 50.2 Å². The molecule has 2 atom stereocenters. The Morgan fingerprint density at radius 1 is 0.525 bits per heavy atom. The molecule has 2 heterocycles. The summed E-state index contributed by atoms with van der Waals surface area (Å²) >= 11 is 0. The smallest absolute Gasteiger partial charge is 0.340 e. The highest BCUT2D eigenvalue weighted by Gasteiger charge is 2.23. The van der Waals surface area contributed by atoms with Crippen LogP contribution in [0, 0.1) is 0 Å². The molecule has 0 aliphatic carbocycles. The molecule has 6 rings (SSSR count). The van der Waals surface area contributed by atoms with Gasteiger partial charge >= 0.3 is 11.9 Å². The summed E-state index contributed by atoms with van der Waals surface area (Å²) in [5, 5.41) is 0. The zero-order valence-electron chi connectivity index (χ0n) is 22.5. The van der Waals surface area contributed by atoms with Crippen LogP contribution in [-0.4, -0.2) is 46.1 Å². The molecular weight excluding hydrogens is 504 g/mol. The van der Waals surface area contributed by atoms with Crippen molar-refractivity contribution in [3.8, 4) is 0 Å². The highest BCUT2D eigenvalue weighted by Crippen LogP contribution is 2.38. The minimum absolute atomic E-state index is 0.0451. The quantitative estimate of drug-likeness (QED) is 0.187. The van der Waals surface area contributed by atoms with Crippen molar-refractivity contribution < 1.29 is 19.1 Å². The third-order valence-corrected chi connectivity index (χ3v) is 7.59. The summed E-state index contributed by atoms with van der Waals surface area (Å²) in [6.45, 7) is 4.33. The molecule has 8 nitrogen and oxygen atoms in total. The molecule has 8 heteroatoms. The first-order valence-corrected chi connectivity index (χ1v) is 13.0. The lowest BCUT2D eigenvalue weighted by Gasteiger charge is -2.23. The largest absolute Gasteiger partial charge is 0.465 e. The zero-order chi connectivity index (χ0) is 28.0. The molecule has 0 saturated heterocycles. The van der Waals surface area contributed by atoms with E-state index in [9.17, 15) is 9.59 Å². The second-order valence-electron chi connectivity index (χ2n) is 9.78. The average Bonchev–Trinajstić information content (AvgIpc) is 3.00. The van der Waals surface area contributed by atoms with Gasteiger partial charge in [-0.2, -0.15) is 0 Å². The summed E-state index contributed by atoms with van der Waals surface area (Å²) in [6.07, 6.45) is 0. The Labute approximate surface area is 230 Å². The first-order chi connectivity index (χ1) is 19.4. The number of rotatable bonds is 5. The normalized spacial score (nSPS) is 13.0. The Kier molecular flexibility index (Phi) is 6.30. The lowest BCUT2D eigenvalue weighted by atomic mass is 9.83. The van der Waals surface area contributed by atoms with Gasteiger partial charge in [0.25, 0.3) is 0 Å². The molecule has 4 aromatic carbocycles. The molecule has 40 heavy (non-hydrogen) atoms. The first kappa shape index (κ1) is 25.3. The van der Waals surface area contributed by atoms with Crippen LogP contribution in [0.5, 0.6) is 0 Å². The maximum absolute atomic E-state index is 12.3. The summed E-state index contributed by atoms with van der Waals surface area (Å²) in [5.41, 5.74) is 8.15. The Morgan fingerprint density at radius 2 is 0.850 bits per heavy atom. The number of nitrogens with zero attached hydrogens (tertiary/aromatic N) is 4. The van der Waals surface area contributed by atoms with Crippen LogP contribution in [0.3, 0.4) is 0 Å². The number of ether oxygens (including phenoxy) is 2. The van der Waals surface area contributed by atoms with E-state index in [-0.39, 0.29) is 11.8 Å². The van der Waals surface area contributed by atoms with Gasteiger partial charge in [-0.3, -0.25) is 0 Å². The summed E-state index contributed by atoms with van der Waals surface area (Å²) in [7, 11) is 2.71. The van der Waals surface area contributed by atoms with Gasteiger partial charge in [-0.15, -0.1) is 0 Å². The molecule has 0 aliphatic rings. The lowest BCUT2D eigenvalue weighted by Crippen LogP contribution is -2.09. The van der Waals surface area contributed by atoms with E-state index >= 15 is 0 Å². The van der Waals surface area contributed by atoms with Crippen molar-refractivity contribution in [3.63, 3.8) is 0 Å². The van der Waals surface area contributed by atoms with Crippen LogP contribution in [0.2, 0.25) is 0 Å². The molecule has 198 valence electrons. The Morgan fingerprint density at radius 3 is 1.23 bits per heavy atom. The fraction of sp³-hybridized carbons (Fsp3) is 0.188. The number of fused-ring (bicyclic) bond motifs is 4. The van der Waals surface area contributed by atoms with E-state index in [2.05, 4.69) is 26.0 Å². The SMILES string of the molecule is COC(=O)c1cccc2nc3c([C@@H](C)[C@@H](C)c4cccc5nc6c(C(=O)OC)cccc6nc45)cccc3nc12. The van der Waals surface area contributed by atoms with E-state index in [0.29, 0.717) is 44.2 Å². The second-order valence-corrected chi connectivity index (χ2v) is 9.78. The number of benzene rings is 4. The maximum atomic E-state index is 12.3. The number of methoxy groups -OCH3 is 2. The van der Waals surface area contributed by atoms with Crippen molar-refractivity contribution in [3.05, 3.63) is 95.1 Å². The minimum Gasteiger partial charge on any atom is -0.465 e. The molecular formula is C32H26N4O4. The van der Waals surface area contributed by atoms with E-state index in [1.165, 1.54) is 14.2 Å².